The number of nitrogens with two attached hydrogens (primary N) is 1. The van der Waals surface area contributed by atoms with E-state index in [2.05, 4.69) is 0 Å². The molecule has 0 heterocycles. The van der Waals surface area contributed by atoms with Crippen molar-refractivity contribution in [1.29, 1.82) is 0 Å². The number of halogens is 1. The minimum absolute atomic E-state index is 0.661. The Morgan fingerprint density at radius 1 is 1.43 bits per heavy atom. The lowest BCUT2D eigenvalue weighted by Crippen LogP contribution is -2.20. The molecule has 5 heteroatoms. The summed E-state index contributed by atoms with van der Waals surface area (Å²) in [5, 5.41) is 0. The molecule has 3 nitrogen and oxygen atoms in total. The molecule has 2 N–H and O–H groups in total. The van der Waals surface area contributed by atoms with Crippen LogP contribution in [0, 0.1) is 6.92 Å². The van der Waals surface area contributed by atoms with Gasteiger partial charge in [0.2, 0.25) is 0 Å². The third-order valence-corrected chi connectivity index (χ3v) is 2.72. The van der Waals surface area contributed by atoms with Crippen molar-refractivity contribution in [2.75, 3.05) is 5.75 Å². The summed E-state index contributed by atoms with van der Waals surface area (Å²) in [7, 11) is -4.51. The van der Waals surface area contributed by atoms with E-state index in [9.17, 15) is 12.3 Å². The van der Waals surface area contributed by atoms with Crippen molar-refractivity contribution in [2.24, 2.45) is 5.73 Å². The van der Waals surface area contributed by atoms with Gasteiger partial charge in [-0.25, -0.2) is 0 Å². The van der Waals surface area contributed by atoms with Gasteiger partial charge in [0.15, 0.2) is 0 Å². The summed E-state index contributed by atoms with van der Waals surface area (Å²) in [6.45, 7) is 1.81. The van der Waals surface area contributed by atoms with Crippen LogP contribution >= 0.6 is 0 Å². The SMILES string of the molecule is Cc1ccccc1C(N)CS(=O)(=O)F. The van der Waals surface area contributed by atoms with E-state index in [0.717, 1.165) is 5.56 Å². The molecule has 0 aliphatic heterocycles. The summed E-state index contributed by atoms with van der Waals surface area (Å²) in [6, 6.07) is 6.26. The van der Waals surface area contributed by atoms with Gasteiger partial charge in [-0.3, -0.25) is 0 Å². The summed E-state index contributed by atoms with van der Waals surface area (Å²) in [5.74, 6) is -0.669. The lowest BCUT2D eigenvalue weighted by molar-refractivity contribution is 0.545. The molecule has 1 aromatic carbocycles. The highest BCUT2D eigenvalue weighted by atomic mass is 32.3. The normalized spacial score (nSPS) is 13.9. The highest BCUT2D eigenvalue weighted by Crippen LogP contribution is 2.17. The Bertz CT molecular complexity index is 417. The van der Waals surface area contributed by atoms with Gasteiger partial charge in [0.1, 0.15) is 0 Å². The van der Waals surface area contributed by atoms with Crippen LogP contribution in [0.1, 0.15) is 17.2 Å². The van der Waals surface area contributed by atoms with Crippen LogP contribution in [0.3, 0.4) is 0 Å². The zero-order valence-corrected chi connectivity index (χ0v) is 8.59. The molecule has 1 unspecified atom stereocenters. The van der Waals surface area contributed by atoms with Crippen LogP contribution in [-0.4, -0.2) is 14.2 Å². The zero-order valence-electron chi connectivity index (χ0n) is 7.77. The van der Waals surface area contributed by atoms with Crippen molar-refractivity contribution in [3.05, 3.63) is 35.4 Å². The van der Waals surface area contributed by atoms with Crippen molar-refractivity contribution in [3.8, 4) is 0 Å². The van der Waals surface area contributed by atoms with E-state index in [1.807, 2.05) is 6.07 Å². The smallest absolute Gasteiger partial charge is 0.304 e. The van der Waals surface area contributed by atoms with Crippen LogP contribution < -0.4 is 5.73 Å². The summed E-state index contributed by atoms with van der Waals surface area (Å²) >= 11 is 0. The molecule has 0 saturated heterocycles. The molecule has 14 heavy (non-hydrogen) atoms. The van der Waals surface area contributed by atoms with Gasteiger partial charge in [0, 0.05) is 6.04 Å². The largest absolute Gasteiger partial charge is 0.323 e. The van der Waals surface area contributed by atoms with Crippen LogP contribution in [-0.2, 0) is 10.2 Å². The number of benzene rings is 1. The van der Waals surface area contributed by atoms with E-state index < -0.39 is 22.0 Å². The summed E-state index contributed by atoms with van der Waals surface area (Å²) in [6.07, 6.45) is 0. The highest BCUT2D eigenvalue weighted by molar-refractivity contribution is 7.86. The standard InChI is InChI=1S/C9H12FNO2S/c1-7-4-2-3-5-8(7)9(11)6-14(10,12)13/h2-5,9H,6,11H2,1H3. The van der Waals surface area contributed by atoms with Gasteiger partial charge in [-0.2, -0.15) is 8.42 Å². The Balaban J connectivity index is 2.90. The van der Waals surface area contributed by atoms with Crippen molar-refractivity contribution in [2.45, 2.75) is 13.0 Å². The van der Waals surface area contributed by atoms with Crippen LogP contribution in [0.25, 0.3) is 0 Å². The maximum atomic E-state index is 12.3. The molecule has 0 radical (unpaired) electrons. The first-order chi connectivity index (χ1) is 6.40. The van der Waals surface area contributed by atoms with Crippen molar-refractivity contribution in [1.82, 2.24) is 0 Å². The first-order valence-electron chi connectivity index (χ1n) is 4.13. The fraction of sp³-hybridized carbons (Fsp3) is 0.333. The molecule has 0 aromatic heterocycles. The van der Waals surface area contributed by atoms with Crippen LogP contribution in [0.15, 0.2) is 24.3 Å². The van der Waals surface area contributed by atoms with Gasteiger partial charge in [-0.05, 0) is 18.1 Å². The summed E-state index contributed by atoms with van der Waals surface area (Å²) in [5.41, 5.74) is 7.09. The summed E-state index contributed by atoms with van der Waals surface area (Å²) in [4.78, 5) is 0. The zero-order chi connectivity index (χ0) is 10.8. The van der Waals surface area contributed by atoms with Gasteiger partial charge in [0.05, 0.1) is 5.75 Å². The Morgan fingerprint density at radius 3 is 2.50 bits per heavy atom. The maximum Gasteiger partial charge on any atom is 0.304 e. The van der Waals surface area contributed by atoms with E-state index in [0.29, 0.717) is 5.56 Å². The van der Waals surface area contributed by atoms with Crippen molar-refractivity contribution in [3.63, 3.8) is 0 Å². The molecule has 0 saturated carbocycles. The molecular formula is C9H12FNO2S. The second kappa shape index (κ2) is 4.06. The molecule has 0 aliphatic carbocycles. The Kier molecular flexibility index (Phi) is 3.23. The molecule has 78 valence electrons. The van der Waals surface area contributed by atoms with Crippen molar-refractivity contribution < 1.29 is 12.3 Å². The van der Waals surface area contributed by atoms with E-state index in [1.54, 1.807) is 25.1 Å². The minimum atomic E-state index is -4.51. The van der Waals surface area contributed by atoms with E-state index in [4.69, 9.17) is 5.73 Å². The molecule has 1 atom stereocenters. The topological polar surface area (TPSA) is 60.2 Å². The molecule has 1 aromatic rings. The second-order valence-electron chi connectivity index (χ2n) is 3.17. The summed E-state index contributed by atoms with van der Waals surface area (Å²) < 4.78 is 33.1. The van der Waals surface area contributed by atoms with E-state index in [-0.39, 0.29) is 0 Å². The minimum Gasteiger partial charge on any atom is -0.323 e. The third kappa shape index (κ3) is 3.08. The van der Waals surface area contributed by atoms with Gasteiger partial charge >= 0.3 is 10.2 Å². The lowest BCUT2D eigenvalue weighted by Gasteiger charge is -2.11. The van der Waals surface area contributed by atoms with Crippen LogP contribution in [0.5, 0.6) is 0 Å². The number of hydrogen-bond donors (Lipinski definition) is 1. The molecule has 1 rings (SSSR count). The number of hydrogen-bond acceptors (Lipinski definition) is 3. The Morgan fingerprint density at radius 2 is 2.00 bits per heavy atom. The predicted molar refractivity (Wildman–Crippen MR) is 53.0 cm³/mol. The van der Waals surface area contributed by atoms with E-state index >= 15 is 0 Å². The second-order valence-corrected chi connectivity index (χ2v) is 4.58. The Labute approximate surface area is 83.0 Å². The maximum absolute atomic E-state index is 12.3. The molecule has 0 spiro atoms. The quantitative estimate of drug-likeness (QED) is 0.776. The molecule has 0 bridgehead atoms. The monoisotopic (exact) mass is 217 g/mol. The number of aryl methyl sites for hydroxylation is 1. The third-order valence-electron chi connectivity index (χ3n) is 1.97. The lowest BCUT2D eigenvalue weighted by atomic mass is 10.0. The van der Waals surface area contributed by atoms with Gasteiger partial charge in [0.25, 0.3) is 0 Å². The van der Waals surface area contributed by atoms with Crippen LogP contribution in [0.2, 0.25) is 0 Å². The van der Waals surface area contributed by atoms with Crippen molar-refractivity contribution >= 4 is 10.2 Å². The Hall–Kier alpha value is -0.940. The predicted octanol–water partition coefficient (Wildman–Crippen LogP) is 1.29. The van der Waals surface area contributed by atoms with E-state index in [1.165, 1.54) is 0 Å². The van der Waals surface area contributed by atoms with Gasteiger partial charge < -0.3 is 5.73 Å². The average Bonchev–Trinajstić information content (AvgIpc) is 2.01. The first kappa shape index (κ1) is 11.1. The molecule has 0 fully saturated rings. The highest BCUT2D eigenvalue weighted by Gasteiger charge is 2.17. The van der Waals surface area contributed by atoms with Gasteiger partial charge in [-0.1, -0.05) is 24.3 Å². The molecule has 0 amide bonds. The average molecular weight is 217 g/mol. The molecular weight excluding hydrogens is 205 g/mol. The first-order valence-corrected chi connectivity index (χ1v) is 5.69. The fourth-order valence-corrected chi connectivity index (χ4v) is 1.92. The molecule has 0 aliphatic rings. The van der Waals surface area contributed by atoms with Crippen LogP contribution in [0.4, 0.5) is 3.89 Å². The fourth-order valence-electron chi connectivity index (χ4n) is 1.31. The number of rotatable bonds is 3. The van der Waals surface area contributed by atoms with Gasteiger partial charge in [-0.15, -0.1) is 3.89 Å².